The van der Waals surface area contributed by atoms with Gasteiger partial charge in [-0.15, -0.1) is 0 Å². The van der Waals surface area contributed by atoms with Crippen LogP contribution in [0.3, 0.4) is 0 Å². The molecule has 136 valence electrons. The summed E-state index contributed by atoms with van der Waals surface area (Å²) in [6.07, 6.45) is 4.12. The highest BCUT2D eigenvalue weighted by molar-refractivity contribution is 5.79. The second kappa shape index (κ2) is 9.84. The van der Waals surface area contributed by atoms with E-state index in [1.807, 2.05) is 22.9 Å². The third-order valence-corrected chi connectivity index (χ3v) is 3.96. The van der Waals surface area contributed by atoms with Gasteiger partial charge in [-0.25, -0.2) is 4.68 Å². The first-order valence-electron chi connectivity index (χ1n) is 8.70. The molecule has 1 heterocycles. The summed E-state index contributed by atoms with van der Waals surface area (Å²) in [5, 5.41) is 11.3. The quantitative estimate of drug-likeness (QED) is 0.439. The molecule has 0 aliphatic carbocycles. The van der Waals surface area contributed by atoms with E-state index in [2.05, 4.69) is 52.9 Å². The van der Waals surface area contributed by atoms with E-state index in [1.165, 1.54) is 5.56 Å². The highest BCUT2D eigenvalue weighted by atomic mass is 16.5. The number of aliphatic imine (C=N–C) groups is 1. The number of aryl methyl sites for hydroxylation is 2. The fourth-order valence-corrected chi connectivity index (χ4v) is 2.66. The van der Waals surface area contributed by atoms with Crippen LogP contribution in [-0.4, -0.2) is 49.1 Å². The topological polar surface area (TPSA) is 63.5 Å². The van der Waals surface area contributed by atoms with Crippen molar-refractivity contribution in [2.24, 2.45) is 4.99 Å². The number of nitrogens with zero attached hydrogens (tertiary/aromatic N) is 3. The van der Waals surface area contributed by atoms with Crippen molar-refractivity contribution in [2.75, 3.05) is 27.3 Å². The van der Waals surface area contributed by atoms with Crippen molar-refractivity contribution in [1.29, 1.82) is 0 Å². The zero-order chi connectivity index (χ0) is 18.1. The molecule has 0 saturated carbocycles. The van der Waals surface area contributed by atoms with Crippen LogP contribution in [0.5, 0.6) is 0 Å². The van der Waals surface area contributed by atoms with Gasteiger partial charge in [-0.3, -0.25) is 4.99 Å². The smallest absolute Gasteiger partial charge is 0.191 e. The summed E-state index contributed by atoms with van der Waals surface area (Å²) in [7, 11) is 3.48. The molecule has 2 rings (SSSR count). The van der Waals surface area contributed by atoms with Gasteiger partial charge >= 0.3 is 0 Å². The zero-order valence-electron chi connectivity index (χ0n) is 15.6. The van der Waals surface area contributed by atoms with E-state index in [4.69, 9.17) is 4.74 Å². The minimum absolute atomic E-state index is 0.225. The van der Waals surface area contributed by atoms with E-state index in [1.54, 1.807) is 14.2 Å². The molecule has 1 atom stereocenters. The summed E-state index contributed by atoms with van der Waals surface area (Å²) < 4.78 is 7.08. The van der Waals surface area contributed by atoms with Gasteiger partial charge in [0.15, 0.2) is 5.96 Å². The van der Waals surface area contributed by atoms with Crippen molar-refractivity contribution in [3.8, 4) is 5.69 Å². The van der Waals surface area contributed by atoms with E-state index >= 15 is 0 Å². The Hall–Kier alpha value is -2.34. The maximum Gasteiger partial charge on any atom is 0.191 e. The Morgan fingerprint density at radius 3 is 2.76 bits per heavy atom. The molecular formula is C19H29N5O. The van der Waals surface area contributed by atoms with Gasteiger partial charge in [-0.2, -0.15) is 5.10 Å². The lowest BCUT2D eigenvalue weighted by Crippen LogP contribution is -2.44. The van der Waals surface area contributed by atoms with Gasteiger partial charge in [0.2, 0.25) is 0 Å². The molecule has 1 aromatic heterocycles. The Bertz CT molecular complexity index is 666. The lowest BCUT2D eigenvalue weighted by molar-refractivity contribution is 0.179. The van der Waals surface area contributed by atoms with Crippen LogP contribution >= 0.6 is 0 Å². The number of benzene rings is 1. The number of hydrogen-bond donors (Lipinski definition) is 2. The first-order chi connectivity index (χ1) is 12.1. The number of aromatic nitrogens is 2. The number of para-hydroxylation sites is 1. The molecule has 0 spiro atoms. The van der Waals surface area contributed by atoms with Crippen molar-refractivity contribution in [1.82, 2.24) is 20.4 Å². The SMILES string of the molecule is CN=C(NCCCc1cn(-c2ccccc2)nc1C)NC(C)COC. The zero-order valence-corrected chi connectivity index (χ0v) is 15.6. The van der Waals surface area contributed by atoms with Gasteiger partial charge in [0.05, 0.1) is 18.0 Å². The van der Waals surface area contributed by atoms with Crippen LogP contribution in [0.2, 0.25) is 0 Å². The molecule has 1 aromatic carbocycles. The molecule has 2 aromatic rings. The van der Waals surface area contributed by atoms with E-state index in [0.717, 1.165) is 36.7 Å². The summed E-state index contributed by atoms with van der Waals surface area (Å²) >= 11 is 0. The Kier molecular flexibility index (Phi) is 7.47. The van der Waals surface area contributed by atoms with Crippen LogP contribution in [0, 0.1) is 6.92 Å². The first kappa shape index (κ1) is 19.0. The van der Waals surface area contributed by atoms with Crippen LogP contribution in [0.25, 0.3) is 5.69 Å². The number of rotatable bonds is 8. The van der Waals surface area contributed by atoms with E-state index < -0.39 is 0 Å². The highest BCUT2D eigenvalue weighted by Gasteiger charge is 2.07. The van der Waals surface area contributed by atoms with Gasteiger partial charge in [0.25, 0.3) is 0 Å². The predicted octanol–water partition coefficient (Wildman–Crippen LogP) is 2.31. The van der Waals surface area contributed by atoms with Gasteiger partial charge in [0, 0.05) is 32.9 Å². The maximum absolute atomic E-state index is 5.13. The summed E-state index contributed by atoms with van der Waals surface area (Å²) in [6.45, 7) is 5.64. The molecule has 0 saturated heterocycles. The van der Waals surface area contributed by atoms with Crippen LogP contribution in [0.4, 0.5) is 0 Å². The molecule has 25 heavy (non-hydrogen) atoms. The average Bonchev–Trinajstić information content (AvgIpc) is 2.99. The molecule has 6 heteroatoms. The van der Waals surface area contributed by atoms with Crippen LogP contribution in [-0.2, 0) is 11.2 Å². The molecule has 0 bridgehead atoms. The summed E-state index contributed by atoms with van der Waals surface area (Å²) in [5.74, 6) is 0.807. The number of nitrogens with one attached hydrogen (secondary N) is 2. The molecule has 6 nitrogen and oxygen atoms in total. The van der Waals surface area contributed by atoms with Gasteiger partial charge in [-0.05, 0) is 44.4 Å². The standard InChI is InChI=1S/C19H29N5O/c1-15(14-25-4)22-19(20-3)21-12-8-9-17-13-24(23-16(17)2)18-10-6-5-7-11-18/h5-7,10-11,13,15H,8-9,12,14H2,1-4H3,(H2,20,21,22). The summed E-state index contributed by atoms with van der Waals surface area (Å²) in [6, 6.07) is 10.4. The highest BCUT2D eigenvalue weighted by Crippen LogP contribution is 2.13. The maximum atomic E-state index is 5.13. The monoisotopic (exact) mass is 343 g/mol. The number of ether oxygens (including phenoxy) is 1. The van der Waals surface area contributed by atoms with Crippen molar-refractivity contribution >= 4 is 5.96 Å². The molecule has 0 aliphatic rings. The van der Waals surface area contributed by atoms with Gasteiger partial charge in [-0.1, -0.05) is 18.2 Å². The third-order valence-electron chi connectivity index (χ3n) is 3.96. The molecule has 1 unspecified atom stereocenters. The summed E-state index contributed by atoms with van der Waals surface area (Å²) in [4.78, 5) is 4.24. The van der Waals surface area contributed by atoms with Crippen LogP contribution in [0.1, 0.15) is 24.6 Å². The molecule has 0 amide bonds. The van der Waals surface area contributed by atoms with E-state index in [-0.39, 0.29) is 6.04 Å². The third kappa shape index (κ3) is 5.90. The molecule has 0 radical (unpaired) electrons. The van der Waals surface area contributed by atoms with Crippen molar-refractivity contribution < 1.29 is 4.74 Å². The van der Waals surface area contributed by atoms with Crippen molar-refractivity contribution in [2.45, 2.75) is 32.7 Å². The lowest BCUT2D eigenvalue weighted by Gasteiger charge is -2.17. The average molecular weight is 343 g/mol. The van der Waals surface area contributed by atoms with Crippen molar-refractivity contribution in [3.63, 3.8) is 0 Å². The van der Waals surface area contributed by atoms with E-state index in [9.17, 15) is 0 Å². The Balaban J connectivity index is 1.81. The predicted molar refractivity (Wildman–Crippen MR) is 102 cm³/mol. The van der Waals surface area contributed by atoms with Crippen LogP contribution < -0.4 is 10.6 Å². The molecule has 0 fully saturated rings. The van der Waals surface area contributed by atoms with Gasteiger partial charge < -0.3 is 15.4 Å². The number of methoxy groups -OCH3 is 1. The minimum atomic E-state index is 0.225. The van der Waals surface area contributed by atoms with Crippen molar-refractivity contribution in [3.05, 3.63) is 47.8 Å². The Morgan fingerprint density at radius 1 is 1.32 bits per heavy atom. The van der Waals surface area contributed by atoms with E-state index in [0.29, 0.717) is 6.61 Å². The Labute approximate surface area is 150 Å². The second-order valence-corrected chi connectivity index (χ2v) is 6.12. The van der Waals surface area contributed by atoms with Crippen LogP contribution in [0.15, 0.2) is 41.5 Å². The number of hydrogen-bond acceptors (Lipinski definition) is 3. The molecule has 0 aliphatic heterocycles. The normalized spacial score (nSPS) is 12.9. The van der Waals surface area contributed by atoms with Gasteiger partial charge in [0.1, 0.15) is 0 Å². The largest absolute Gasteiger partial charge is 0.383 e. The molecular weight excluding hydrogens is 314 g/mol. The Morgan fingerprint density at radius 2 is 2.08 bits per heavy atom. The fourth-order valence-electron chi connectivity index (χ4n) is 2.66. The second-order valence-electron chi connectivity index (χ2n) is 6.12. The molecule has 2 N–H and O–H groups in total. The first-order valence-corrected chi connectivity index (χ1v) is 8.70. The summed E-state index contributed by atoms with van der Waals surface area (Å²) in [5.41, 5.74) is 3.45. The minimum Gasteiger partial charge on any atom is -0.383 e. The fraction of sp³-hybridized carbons (Fsp3) is 0.474. The number of guanidine groups is 1. The lowest BCUT2D eigenvalue weighted by atomic mass is 10.1.